The van der Waals surface area contributed by atoms with E-state index in [0.29, 0.717) is 5.56 Å². The van der Waals surface area contributed by atoms with Gasteiger partial charge in [-0.25, -0.2) is 5.01 Å². The minimum absolute atomic E-state index is 0.122. The largest absolute Gasteiger partial charge is 0.456 e. The van der Waals surface area contributed by atoms with Gasteiger partial charge in [-0.3, -0.25) is 4.79 Å². The van der Waals surface area contributed by atoms with Gasteiger partial charge in [-0.1, -0.05) is 36.4 Å². The Bertz CT molecular complexity index is 1510. The minimum atomic E-state index is -0.964. The Labute approximate surface area is 240 Å². The summed E-state index contributed by atoms with van der Waals surface area (Å²) in [7, 11) is 0. The predicted octanol–water partition coefficient (Wildman–Crippen LogP) is 7.33. The molecule has 0 saturated carbocycles. The number of anilines is 2. The molecule has 40 heavy (non-hydrogen) atoms. The number of hydrazone groups is 1. The molecule has 1 aromatic heterocycles. The van der Waals surface area contributed by atoms with Gasteiger partial charge in [-0.2, -0.15) is 5.10 Å². The van der Waals surface area contributed by atoms with Crippen molar-refractivity contribution in [2.75, 3.05) is 36.0 Å². The molecule has 0 radical (unpaired) electrons. The number of benzene rings is 3. The van der Waals surface area contributed by atoms with Crippen LogP contribution in [0, 0.1) is 0 Å². The lowest BCUT2D eigenvalue weighted by Crippen LogP contribution is -2.44. The zero-order valence-corrected chi connectivity index (χ0v) is 24.2. The van der Waals surface area contributed by atoms with E-state index in [1.54, 1.807) is 22.6 Å². The molecular formula is C33H34N4O2S. The van der Waals surface area contributed by atoms with Crippen LogP contribution in [0.3, 0.4) is 0 Å². The standard InChI is InChI=1S/C33H34N4O2S/c1-5-35(6-2)23-15-17-28-30(20-23)39-31-21-24(36(7-3)8-4)16-18-29(31)33(28)27-14-10-9-13-26(27)32(38)37(33)34-22-25-12-11-19-40-25/h9-22H,5-8H2,1-4H3/b34-22+. The molecule has 2 aliphatic rings. The average Bonchev–Trinajstić information content (AvgIpc) is 3.59. The lowest BCUT2D eigenvalue weighted by Gasteiger charge is -2.42. The second kappa shape index (κ2) is 10.5. The summed E-state index contributed by atoms with van der Waals surface area (Å²) < 4.78 is 6.73. The molecule has 0 N–H and O–H groups in total. The summed E-state index contributed by atoms with van der Waals surface area (Å²) in [4.78, 5) is 19.7. The van der Waals surface area contributed by atoms with Crippen molar-refractivity contribution < 1.29 is 9.53 Å². The Kier molecular flexibility index (Phi) is 6.84. The number of carbonyl (C=O) groups is 1. The van der Waals surface area contributed by atoms with Gasteiger partial charge in [0.2, 0.25) is 0 Å². The van der Waals surface area contributed by atoms with E-state index in [-0.39, 0.29) is 5.91 Å². The van der Waals surface area contributed by atoms with Crippen molar-refractivity contribution in [3.63, 3.8) is 0 Å². The molecule has 6 nitrogen and oxygen atoms in total. The number of nitrogens with zero attached hydrogens (tertiary/aromatic N) is 4. The van der Waals surface area contributed by atoms with Crippen molar-refractivity contribution in [2.45, 2.75) is 33.2 Å². The van der Waals surface area contributed by atoms with E-state index in [1.807, 2.05) is 35.7 Å². The molecule has 0 saturated heterocycles. The number of rotatable bonds is 8. The van der Waals surface area contributed by atoms with E-state index < -0.39 is 5.54 Å². The summed E-state index contributed by atoms with van der Waals surface area (Å²) in [6.07, 6.45) is 1.79. The van der Waals surface area contributed by atoms with Gasteiger partial charge in [0.05, 0.1) is 6.21 Å². The Morgan fingerprint density at radius 1 is 0.800 bits per heavy atom. The molecule has 3 heterocycles. The molecule has 2 aliphatic heterocycles. The second-order valence-electron chi connectivity index (χ2n) is 9.94. The molecule has 0 aliphatic carbocycles. The maximum Gasteiger partial charge on any atom is 0.275 e. The number of hydrogen-bond donors (Lipinski definition) is 0. The van der Waals surface area contributed by atoms with Gasteiger partial charge >= 0.3 is 0 Å². The van der Waals surface area contributed by atoms with Gasteiger partial charge in [0.1, 0.15) is 17.0 Å². The summed E-state index contributed by atoms with van der Waals surface area (Å²) >= 11 is 1.59. The third-order valence-electron chi connectivity index (χ3n) is 8.09. The minimum Gasteiger partial charge on any atom is -0.456 e. The molecular weight excluding hydrogens is 516 g/mol. The van der Waals surface area contributed by atoms with E-state index in [1.165, 1.54) is 0 Å². The zero-order chi connectivity index (χ0) is 27.9. The quantitative estimate of drug-likeness (QED) is 0.216. The van der Waals surface area contributed by atoms with Crippen molar-refractivity contribution in [3.8, 4) is 11.5 Å². The fourth-order valence-electron chi connectivity index (χ4n) is 6.13. The summed E-state index contributed by atoms with van der Waals surface area (Å²) in [5.74, 6) is 1.37. The fraction of sp³-hybridized carbons (Fsp3) is 0.273. The molecule has 1 spiro atoms. The highest BCUT2D eigenvalue weighted by Crippen LogP contribution is 2.58. The topological polar surface area (TPSA) is 48.4 Å². The average molecular weight is 551 g/mol. The molecule has 0 bridgehead atoms. The highest BCUT2D eigenvalue weighted by Gasteiger charge is 2.57. The van der Waals surface area contributed by atoms with E-state index in [9.17, 15) is 4.79 Å². The van der Waals surface area contributed by atoms with Crippen molar-refractivity contribution >= 4 is 34.8 Å². The molecule has 0 atom stereocenters. The molecule has 6 rings (SSSR count). The van der Waals surface area contributed by atoms with Gasteiger partial charge in [0.15, 0.2) is 0 Å². The first-order valence-electron chi connectivity index (χ1n) is 14.0. The van der Waals surface area contributed by atoms with Crippen molar-refractivity contribution in [1.29, 1.82) is 0 Å². The summed E-state index contributed by atoms with van der Waals surface area (Å²) in [6, 6.07) is 24.6. The van der Waals surface area contributed by atoms with Crippen molar-refractivity contribution in [2.24, 2.45) is 5.10 Å². The van der Waals surface area contributed by atoms with Crippen LogP contribution in [-0.2, 0) is 5.54 Å². The van der Waals surface area contributed by atoms with Gasteiger partial charge < -0.3 is 14.5 Å². The number of amides is 1. The molecule has 1 amide bonds. The number of ether oxygens (including phenoxy) is 1. The monoisotopic (exact) mass is 550 g/mol. The maximum atomic E-state index is 14.1. The fourth-order valence-corrected chi connectivity index (χ4v) is 6.70. The van der Waals surface area contributed by atoms with Crippen molar-refractivity contribution in [1.82, 2.24) is 5.01 Å². The predicted molar refractivity (Wildman–Crippen MR) is 164 cm³/mol. The SMILES string of the molecule is CCN(CC)c1ccc2c(c1)Oc1cc(N(CC)CC)ccc1C21c2ccccc2C(=O)N1/N=C/c1cccs1. The molecule has 4 aromatic rings. The van der Waals surface area contributed by atoms with Gasteiger partial charge in [-0.05, 0) is 57.3 Å². The summed E-state index contributed by atoms with van der Waals surface area (Å²) in [5.41, 5.74) is 4.61. The zero-order valence-electron chi connectivity index (χ0n) is 23.4. The van der Waals surface area contributed by atoms with Crippen LogP contribution in [-0.4, -0.2) is 43.3 Å². The van der Waals surface area contributed by atoms with Crippen LogP contribution in [0.15, 0.2) is 83.3 Å². The second-order valence-corrected chi connectivity index (χ2v) is 10.9. The molecule has 0 unspecified atom stereocenters. The van der Waals surface area contributed by atoms with Crippen LogP contribution in [0.2, 0.25) is 0 Å². The lowest BCUT2D eigenvalue weighted by atomic mass is 9.75. The molecule has 7 heteroatoms. The van der Waals surface area contributed by atoms with Crippen LogP contribution in [0.1, 0.15) is 59.6 Å². The maximum absolute atomic E-state index is 14.1. The van der Waals surface area contributed by atoms with Gasteiger partial charge in [-0.15, -0.1) is 11.3 Å². The number of hydrogen-bond acceptors (Lipinski definition) is 6. The van der Waals surface area contributed by atoms with E-state index >= 15 is 0 Å². The third-order valence-corrected chi connectivity index (χ3v) is 8.89. The van der Waals surface area contributed by atoms with Crippen molar-refractivity contribution in [3.05, 3.63) is 105 Å². The lowest BCUT2D eigenvalue weighted by molar-refractivity contribution is 0.0675. The number of carbonyl (C=O) groups excluding carboxylic acids is 1. The van der Waals surface area contributed by atoms with E-state index in [0.717, 1.165) is 70.6 Å². The summed E-state index contributed by atoms with van der Waals surface area (Å²) in [6.45, 7) is 12.2. The number of fused-ring (bicyclic) bond motifs is 6. The normalized spacial score (nSPS) is 14.7. The first kappa shape index (κ1) is 26.1. The highest BCUT2D eigenvalue weighted by atomic mass is 32.1. The van der Waals surface area contributed by atoms with Gasteiger partial charge in [0.25, 0.3) is 5.91 Å². The van der Waals surface area contributed by atoms with Crippen LogP contribution < -0.4 is 14.5 Å². The Morgan fingerprint density at radius 3 is 1.95 bits per heavy atom. The Hall–Kier alpha value is -4.10. The van der Waals surface area contributed by atoms with E-state index in [4.69, 9.17) is 9.84 Å². The molecule has 0 fully saturated rings. The first-order chi connectivity index (χ1) is 19.6. The van der Waals surface area contributed by atoms with E-state index in [2.05, 4.69) is 80.0 Å². The third kappa shape index (κ3) is 3.91. The molecule has 204 valence electrons. The Balaban J connectivity index is 1.65. The number of thiophene rings is 1. The summed E-state index contributed by atoms with van der Waals surface area (Å²) in [5, 5.41) is 8.60. The van der Waals surface area contributed by atoms with Gasteiger partial charge in [0, 0.05) is 76.8 Å². The van der Waals surface area contributed by atoms with Crippen LogP contribution in [0.5, 0.6) is 11.5 Å². The van der Waals surface area contributed by atoms with Crippen LogP contribution >= 0.6 is 11.3 Å². The highest BCUT2D eigenvalue weighted by molar-refractivity contribution is 7.11. The van der Waals surface area contributed by atoms with Crippen LogP contribution in [0.4, 0.5) is 11.4 Å². The van der Waals surface area contributed by atoms with Crippen LogP contribution in [0.25, 0.3) is 0 Å². The first-order valence-corrected chi connectivity index (χ1v) is 14.9. The Morgan fingerprint density at radius 2 is 1.40 bits per heavy atom. The molecule has 3 aromatic carbocycles. The smallest absolute Gasteiger partial charge is 0.275 e.